The number of aliphatic imine (C=N–C) groups is 1. The smallest absolute Gasteiger partial charge is 0.205 e. The second-order valence-electron chi connectivity index (χ2n) is 7.23. The molecule has 0 saturated carbocycles. The first-order chi connectivity index (χ1) is 12.2. The van der Waals surface area contributed by atoms with E-state index >= 15 is 0 Å². The van der Waals surface area contributed by atoms with E-state index in [0.29, 0.717) is 6.54 Å². The third-order valence-electron chi connectivity index (χ3n) is 4.42. The van der Waals surface area contributed by atoms with E-state index in [2.05, 4.69) is 36.4 Å². The van der Waals surface area contributed by atoms with Gasteiger partial charge in [0, 0.05) is 57.7 Å². The maximum atomic E-state index is 12.2. The molecular formula is C16H30N6O2S2. The molecule has 1 aromatic heterocycles. The summed E-state index contributed by atoms with van der Waals surface area (Å²) in [6.07, 6.45) is 0.852. The summed E-state index contributed by atoms with van der Waals surface area (Å²) in [6, 6.07) is 0. The summed E-state index contributed by atoms with van der Waals surface area (Å²) in [5, 5.41) is 4.16. The highest BCUT2D eigenvalue weighted by Gasteiger charge is 2.28. The maximum Gasteiger partial charge on any atom is 0.205 e. The molecule has 1 saturated heterocycles. The highest BCUT2D eigenvalue weighted by molar-refractivity contribution is 7.92. The number of aryl methyl sites for hydroxylation is 1. The molecule has 1 aromatic rings. The zero-order chi connectivity index (χ0) is 19.4. The lowest BCUT2D eigenvalue weighted by Crippen LogP contribution is -2.53. The van der Waals surface area contributed by atoms with Crippen molar-refractivity contribution in [3.8, 4) is 0 Å². The highest BCUT2D eigenvalue weighted by atomic mass is 32.2. The fourth-order valence-electron chi connectivity index (χ4n) is 2.56. The highest BCUT2D eigenvalue weighted by Crippen LogP contribution is 2.19. The number of hydrogen-bond donors (Lipinski definition) is 1. The quantitative estimate of drug-likeness (QED) is 0.580. The molecule has 26 heavy (non-hydrogen) atoms. The maximum absolute atomic E-state index is 12.2. The minimum absolute atomic E-state index is 0.0973. The van der Waals surface area contributed by atoms with E-state index in [-0.39, 0.29) is 5.75 Å². The first-order valence-corrected chi connectivity index (χ1v) is 11.4. The third-order valence-corrected chi connectivity index (χ3v) is 7.84. The lowest BCUT2D eigenvalue weighted by Gasteiger charge is -2.36. The summed E-state index contributed by atoms with van der Waals surface area (Å²) in [5.74, 6) is 1.74. The van der Waals surface area contributed by atoms with Gasteiger partial charge < -0.3 is 15.1 Å². The Labute approximate surface area is 160 Å². The predicted octanol–water partition coefficient (Wildman–Crippen LogP) is 1.01. The number of aromatic nitrogens is 2. The van der Waals surface area contributed by atoms with Gasteiger partial charge in [0.05, 0.1) is 10.5 Å². The monoisotopic (exact) mass is 402 g/mol. The zero-order valence-corrected chi connectivity index (χ0v) is 18.0. The van der Waals surface area contributed by atoms with Crippen molar-refractivity contribution in [3.63, 3.8) is 0 Å². The molecule has 0 bridgehead atoms. The molecule has 10 heteroatoms. The summed E-state index contributed by atoms with van der Waals surface area (Å²) in [6.45, 7) is 10.9. The van der Waals surface area contributed by atoms with Crippen LogP contribution in [0.15, 0.2) is 4.99 Å². The van der Waals surface area contributed by atoms with E-state index < -0.39 is 14.6 Å². The van der Waals surface area contributed by atoms with E-state index in [9.17, 15) is 8.42 Å². The number of nitrogens with zero attached hydrogens (tertiary/aromatic N) is 5. The van der Waals surface area contributed by atoms with Crippen LogP contribution in [0.4, 0.5) is 5.13 Å². The lowest BCUT2D eigenvalue weighted by molar-refractivity contribution is 0.373. The molecule has 0 amide bonds. The van der Waals surface area contributed by atoms with Crippen molar-refractivity contribution < 1.29 is 8.42 Å². The Morgan fingerprint density at radius 3 is 2.42 bits per heavy atom. The van der Waals surface area contributed by atoms with Gasteiger partial charge in [0.1, 0.15) is 5.82 Å². The summed E-state index contributed by atoms with van der Waals surface area (Å²) in [5.41, 5.74) is 0. The van der Waals surface area contributed by atoms with Crippen molar-refractivity contribution in [2.24, 2.45) is 4.99 Å². The summed E-state index contributed by atoms with van der Waals surface area (Å²) < 4.78 is 28.0. The average molecular weight is 403 g/mol. The molecule has 148 valence electrons. The minimum atomic E-state index is -3.14. The van der Waals surface area contributed by atoms with Crippen LogP contribution in [0.3, 0.4) is 0 Å². The Bertz CT molecular complexity index is 715. The van der Waals surface area contributed by atoms with Gasteiger partial charge in [-0.05, 0) is 20.8 Å². The van der Waals surface area contributed by atoms with Crippen LogP contribution in [-0.2, 0) is 16.3 Å². The molecule has 1 aliphatic heterocycles. The van der Waals surface area contributed by atoms with E-state index in [4.69, 9.17) is 0 Å². The molecule has 0 aromatic carbocycles. The molecule has 1 fully saturated rings. The Kier molecular flexibility index (Phi) is 6.84. The first-order valence-electron chi connectivity index (χ1n) is 8.93. The molecule has 1 N–H and O–H groups in total. The first kappa shape index (κ1) is 20.9. The third kappa shape index (κ3) is 5.06. The largest absolute Gasteiger partial charge is 0.355 e. The fourth-order valence-corrected chi connectivity index (χ4v) is 4.35. The Morgan fingerprint density at radius 1 is 1.27 bits per heavy atom. The molecule has 1 aliphatic rings. The van der Waals surface area contributed by atoms with Crippen LogP contribution < -0.4 is 10.2 Å². The number of hydrogen-bond acceptors (Lipinski definition) is 7. The number of guanidine groups is 1. The summed E-state index contributed by atoms with van der Waals surface area (Å²) in [7, 11) is -1.41. The van der Waals surface area contributed by atoms with Gasteiger partial charge in [-0.1, -0.05) is 6.92 Å². The molecule has 0 aliphatic carbocycles. The number of nitrogens with one attached hydrogen (secondary N) is 1. The molecule has 0 radical (unpaired) electrons. The van der Waals surface area contributed by atoms with Gasteiger partial charge in [-0.15, -0.1) is 0 Å². The topological polar surface area (TPSA) is 90.8 Å². The van der Waals surface area contributed by atoms with Crippen molar-refractivity contribution in [2.75, 3.05) is 50.4 Å². The molecule has 0 unspecified atom stereocenters. The molecule has 0 atom stereocenters. The molecular weight excluding hydrogens is 372 g/mol. The van der Waals surface area contributed by atoms with E-state index in [0.717, 1.165) is 49.5 Å². The standard InChI is InChI=1S/C16H30N6O2S2/c1-6-13-19-15(25-20-13)22-10-8-21(9-11-22)14(17-5)18-7-12-26(23,24)16(2,3)4/h6-12H2,1-5H3,(H,17,18). The van der Waals surface area contributed by atoms with Crippen molar-refractivity contribution >= 4 is 32.5 Å². The van der Waals surface area contributed by atoms with Gasteiger partial charge in [0.25, 0.3) is 0 Å². The Morgan fingerprint density at radius 2 is 1.92 bits per heavy atom. The number of anilines is 1. The van der Waals surface area contributed by atoms with Crippen LogP contribution in [0.25, 0.3) is 0 Å². The van der Waals surface area contributed by atoms with Gasteiger partial charge >= 0.3 is 0 Å². The van der Waals surface area contributed by atoms with E-state index in [1.165, 1.54) is 11.5 Å². The van der Waals surface area contributed by atoms with Crippen LogP contribution in [0.1, 0.15) is 33.5 Å². The average Bonchev–Trinajstić information content (AvgIpc) is 3.07. The number of piperazine rings is 1. The van der Waals surface area contributed by atoms with E-state index in [1.807, 2.05) is 0 Å². The molecule has 2 heterocycles. The SMILES string of the molecule is CCc1nsc(N2CCN(C(=NC)NCCS(=O)(=O)C(C)(C)C)CC2)n1. The number of rotatable bonds is 5. The van der Waals surface area contributed by atoms with Crippen LogP contribution in [0.2, 0.25) is 0 Å². The van der Waals surface area contributed by atoms with Crippen LogP contribution >= 0.6 is 11.5 Å². The second-order valence-corrected chi connectivity index (χ2v) is 10.8. The predicted molar refractivity (Wildman–Crippen MR) is 108 cm³/mol. The van der Waals surface area contributed by atoms with Gasteiger partial charge in [0.2, 0.25) is 5.13 Å². The van der Waals surface area contributed by atoms with Gasteiger partial charge in [-0.2, -0.15) is 4.37 Å². The van der Waals surface area contributed by atoms with Crippen molar-refractivity contribution in [2.45, 2.75) is 38.9 Å². The summed E-state index contributed by atoms with van der Waals surface area (Å²) >= 11 is 1.45. The lowest BCUT2D eigenvalue weighted by atomic mass is 10.3. The fraction of sp³-hybridized carbons (Fsp3) is 0.812. The van der Waals surface area contributed by atoms with Gasteiger partial charge in [-0.3, -0.25) is 4.99 Å². The summed E-state index contributed by atoms with van der Waals surface area (Å²) in [4.78, 5) is 13.2. The zero-order valence-electron chi connectivity index (χ0n) is 16.3. The van der Waals surface area contributed by atoms with Crippen LogP contribution in [0.5, 0.6) is 0 Å². The van der Waals surface area contributed by atoms with Crippen molar-refractivity contribution in [1.82, 2.24) is 19.6 Å². The number of sulfone groups is 1. The Balaban J connectivity index is 1.85. The van der Waals surface area contributed by atoms with E-state index in [1.54, 1.807) is 27.8 Å². The van der Waals surface area contributed by atoms with Crippen LogP contribution in [-0.4, -0.2) is 78.9 Å². The minimum Gasteiger partial charge on any atom is -0.355 e. The second kappa shape index (κ2) is 8.51. The van der Waals surface area contributed by atoms with Crippen LogP contribution in [0, 0.1) is 0 Å². The van der Waals surface area contributed by atoms with Crippen molar-refractivity contribution in [1.29, 1.82) is 0 Å². The molecule has 0 spiro atoms. The molecule has 2 rings (SSSR count). The van der Waals surface area contributed by atoms with Crippen molar-refractivity contribution in [3.05, 3.63) is 5.82 Å². The molecule has 8 nitrogen and oxygen atoms in total. The normalized spacial score (nSPS) is 16.9. The Hall–Kier alpha value is -1.42. The van der Waals surface area contributed by atoms with Gasteiger partial charge in [-0.25, -0.2) is 13.4 Å². The van der Waals surface area contributed by atoms with Gasteiger partial charge in [0.15, 0.2) is 15.8 Å².